The summed E-state index contributed by atoms with van der Waals surface area (Å²) in [6.45, 7) is 5.36. The van der Waals surface area contributed by atoms with Crippen molar-refractivity contribution < 1.29 is 9.53 Å². The molecule has 0 N–H and O–H groups in total. The Labute approximate surface area is 134 Å². The zero-order valence-corrected chi connectivity index (χ0v) is 13.7. The minimum atomic E-state index is 0.239. The molecule has 3 rings (SSSR count). The van der Waals surface area contributed by atoms with Gasteiger partial charge in [-0.2, -0.15) is 0 Å². The first-order valence-electron chi connectivity index (χ1n) is 7.51. The number of carbonyl (C=O) groups is 1. The number of rotatable bonds is 4. The highest BCUT2D eigenvalue weighted by Crippen LogP contribution is 2.27. The summed E-state index contributed by atoms with van der Waals surface area (Å²) in [6.07, 6.45) is 0.652. The monoisotopic (exact) mass is 352 g/mol. The lowest BCUT2D eigenvalue weighted by Crippen LogP contribution is -2.35. The van der Waals surface area contributed by atoms with Gasteiger partial charge >= 0.3 is 0 Å². The number of hydrogen-bond donors (Lipinski definition) is 0. The van der Waals surface area contributed by atoms with Crippen molar-refractivity contribution in [2.75, 3.05) is 43.1 Å². The van der Waals surface area contributed by atoms with E-state index in [0.717, 1.165) is 50.4 Å². The SMILES string of the molecule is O=C1CC(CBr)CN1c1cccc(CN2CCOCC2)c1. The molecule has 5 heteroatoms. The number of anilines is 1. The van der Waals surface area contributed by atoms with Gasteiger partial charge < -0.3 is 9.64 Å². The molecule has 4 nitrogen and oxygen atoms in total. The third kappa shape index (κ3) is 3.65. The Morgan fingerprint density at radius 1 is 1.29 bits per heavy atom. The van der Waals surface area contributed by atoms with E-state index in [1.54, 1.807) is 0 Å². The van der Waals surface area contributed by atoms with E-state index in [0.29, 0.717) is 12.3 Å². The maximum Gasteiger partial charge on any atom is 0.227 e. The largest absolute Gasteiger partial charge is 0.379 e. The van der Waals surface area contributed by atoms with E-state index >= 15 is 0 Å². The predicted molar refractivity (Wildman–Crippen MR) is 86.8 cm³/mol. The Bertz CT molecular complexity index is 503. The number of benzene rings is 1. The summed E-state index contributed by atoms with van der Waals surface area (Å²) in [6, 6.07) is 8.39. The standard InChI is InChI=1S/C16H21BrN2O2/c17-10-14-9-16(20)19(12-14)15-3-1-2-13(8-15)11-18-4-6-21-7-5-18/h1-3,8,14H,4-7,9-12H2. The summed E-state index contributed by atoms with van der Waals surface area (Å²) >= 11 is 3.49. The summed E-state index contributed by atoms with van der Waals surface area (Å²) in [7, 11) is 0. The Morgan fingerprint density at radius 2 is 2.10 bits per heavy atom. The highest BCUT2D eigenvalue weighted by molar-refractivity contribution is 9.09. The number of carbonyl (C=O) groups excluding carboxylic acids is 1. The van der Waals surface area contributed by atoms with Crippen LogP contribution in [-0.4, -0.2) is 49.0 Å². The summed E-state index contributed by atoms with van der Waals surface area (Å²) in [5, 5.41) is 0.892. The van der Waals surface area contributed by atoms with Crippen molar-refractivity contribution in [2.45, 2.75) is 13.0 Å². The third-order valence-electron chi connectivity index (χ3n) is 4.16. The van der Waals surface area contributed by atoms with Crippen molar-refractivity contribution in [3.63, 3.8) is 0 Å². The molecule has 0 radical (unpaired) electrons. The van der Waals surface area contributed by atoms with Gasteiger partial charge in [-0.1, -0.05) is 28.1 Å². The van der Waals surface area contributed by atoms with Crippen molar-refractivity contribution in [1.29, 1.82) is 0 Å². The molecule has 1 atom stereocenters. The molecule has 2 saturated heterocycles. The average molecular weight is 353 g/mol. The Kier molecular flexibility index (Phi) is 4.93. The van der Waals surface area contributed by atoms with Gasteiger partial charge in [0.05, 0.1) is 13.2 Å². The van der Waals surface area contributed by atoms with Crippen LogP contribution < -0.4 is 4.90 Å². The maximum atomic E-state index is 12.1. The minimum absolute atomic E-state index is 0.239. The van der Waals surface area contributed by atoms with Crippen LogP contribution in [0.4, 0.5) is 5.69 Å². The van der Waals surface area contributed by atoms with Gasteiger partial charge in [0.25, 0.3) is 0 Å². The Morgan fingerprint density at radius 3 is 2.81 bits per heavy atom. The van der Waals surface area contributed by atoms with Crippen molar-refractivity contribution in [3.05, 3.63) is 29.8 Å². The number of hydrogen-bond acceptors (Lipinski definition) is 3. The topological polar surface area (TPSA) is 32.8 Å². The van der Waals surface area contributed by atoms with E-state index in [2.05, 4.69) is 39.0 Å². The second kappa shape index (κ2) is 6.90. The molecule has 2 fully saturated rings. The van der Waals surface area contributed by atoms with E-state index in [9.17, 15) is 4.79 Å². The zero-order chi connectivity index (χ0) is 14.7. The van der Waals surface area contributed by atoms with Crippen LogP contribution in [0.2, 0.25) is 0 Å². The lowest BCUT2D eigenvalue weighted by atomic mass is 10.1. The van der Waals surface area contributed by atoms with E-state index in [1.165, 1.54) is 5.56 Å². The lowest BCUT2D eigenvalue weighted by Gasteiger charge is -2.27. The molecule has 0 aliphatic carbocycles. The molecule has 1 aromatic carbocycles. The number of ether oxygens (including phenoxy) is 1. The fourth-order valence-electron chi connectivity index (χ4n) is 2.97. The normalized spacial score (nSPS) is 23.8. The number of amides is 1. The van der Waals surface area contributed by atoms with Crippen molar-refractivity contribution in [1.82, 2.24) is 4.90 Å². The fraction of sp³-hybridized carbons (Fsp3) is 0.562. The van der Waals surface area contributed by atoms with Gasteiger partial charge in [0.15, 0.2) is 0 Å². The van der Waals surface area contributed by atoms with Crippen LogP contribution in [0.15, 0.2) is 24.3 Å². The van der Waals surface area contributed by atoms with Crippen LogP contribution in [-0.2, 0) is 16.1 Å². The van der Waals surface area contributed by atoms with E-state index in [4.69, 9.17) is 4.74 Å². The molecule has 0 bridgehead atoms. The molecule has 1 aromatic rings. The van der Waals surface area contributed by atoms with Crippen LogP contribution in [0.25, 0.3) is 0 Å². The van der Waals surface area contributed by atoms with Crippen molar-refractivity contribution in [2.24, 2.45) is 5.92 Å². The summed E-state index contributed by atoms with van der Waals surface area (Å²) in [4.78, 5) is 16.4. The van der Waals surface area contributed by atoms with E-state index in [1.807, 2.05) is 11.0 Å². The number of morpholine rings is 1. The quantitative estimate of drug-likeness (QED) is 0.779. The summed E-state index contributed by atoms with van der Waals surface area (Å²) in [5.41, 5.74) is 2.30. The van der Waals surface area contributed by atoms with Crippen molar-refractivity contribution in [3.8, 4) is 0 Å². The first kappa shape index (κ1) is 15.0. The zero-order valence-electron chi connectivity index (χ0n) is 12.1. The Balaban J connectivity index is 1.69. The van der Waals surface area contributed by atoms with Crippen LogP contribution >= 0.6 is 15.9 Å². The van der Waals surface area contributed by atoms with Crippen molar-refractivity contribution >= 4 is 27.5 Å². The van der Waals surface area contributed by atoms with Gasteiger partial charge in [0.1, 0.15) is 0 Å². The second-order valence-electron chi connectivity index (χ2n) is 5.79. The van der Waals surface area contributed by atoms with Crippen LogP contribution in [0.3, 0.4) is 0 Å². The predicted octanol–water partition coefficient (Wildman–Crippen LogP) is 2.27. The highest BCUT2D eigenvalue weighted by Gasteiger charge is 2.29. The molecule has 0 aromatic heterocycles. The van der Waals surface area contributed by atoms with Gasteiger partial charge in [0.2, 0.25) is 5.91 Å². The molecule has 114 valence electrons. The van der Waals surface area contributed by atoms with Crippen LogP contribution in [0.1, 0.15) is 12.0 Å². The lowest BCUT2D eigenvalue weighted by molar-refractivity contribution is -0.117. The maximum absolute atomic E-state index is 12.1. The average Bonchev–Trinajstić information content (AvgIpc) is 2.90. The molecule has 2 heterocycles. The number of halogens is 1. The Hall–Kier alpha value is -0.910. The number of alkyl halides is 1. The van der Waals surface area contributed by atoms with Gasteiger partial charge in [-0.15, -0.1) is 0 Å². The molecule has 21 heavy (non-hydrogen) atoms. The first-order valence-corrected chi connectivity index (χ1v) is 8.64. The van der Waals surface area contributed by atoms with Gasteiger partial charge in [0, 0.05) is 43.6 Å². The third-order valence-corrected chi connectivity index (χ3v) is 5.07. The van der Waals surface area contributed by atoms with Gasteiger partial charge in [-0.3, -0.25) is 9.69 Å². The smallest absolute Gasteiger partial charge is 0.227 e. The van der Waals surface area contributed by atoms with Crippen LogP contribution in [0.5, 0.6) is 0 Å². The molecule has 1 amide bonds. The molecular formula is C16H21BrN2O2. The molecule has 0 saturated carbocycles. The second-order valence-corrected chi connectivity index (χ2v) is 6.43. The molecule has 2 aliphatic rings. The van der Waals surface area contributed by atoms with Gasteiger partial charge in [-0.05, 0) is 23.6 Å². The summed E-state index contributed by atoms with van der Waals surface area (Å²) < 4.78 is 5.38. The molecule has 2 aliphatic heterocycles. The minimum Gasteiger partial charge on any atom is -0.379 e. The fourth-order valence-corrected chi connectivity index (χ4v) is 3.41. The molecule has 0 spiro atoms. The van der Waals surface area contributed by atoms with Gasteiger partial charge in [-0.25, -0.2) is 0 Å². The first-order chi connectivity index (χ1) is 10.3. The van der Waals surface area contributed by atoms with E-state index in [-0.39, 0.29) is 5.91 Å². The molecule has 1 unspecified atom stereocenters. The van der Waals surface area contributed by atoms with E-state index < -0.39 is 0 Å². The summed E-state index contributed by atoms with van der Waals surface area (Å²) in [5.74, 6) is 0.670. The van der Waals surface area contributed by atoms with Crippen LogP contribution in [0, 0.1) is 5.92 Å². The number of nitrogens with zero attached hydrogens (tertiary/aromatic N) is 2. The molecular weight excluding hydrogens is 332 g/mol. The highest BCUT2D eigenvalue weighted by atomic mass is 79.9.